The highest BCUT2D eigenvalue weighted by Crippen LogP contribution is 2.38. The largest absolute Gasteiger partial charge is 0.454 e. The summed E-state index contributed by atoms with van der Waals surface area (Å²) in [7, 11) is 0. The monoisotopic (exact) mass is 373 g/mol. The minimum atomic E-state index is -0.999. The van der Waals surface area contributed by atoms with E-state index >= 15 is 0 Å². The Morgan fingerprint density at radius 3 is 2.67 bits per heavy atom. The molecule has 0 amide bonds. The third-order valence-electron chi connectivity index (χ3n) is 4.99. The molecule has 0 N–H and O–H groups in total. The number of allylic oxidation sites excluding steroid dienone is 3. The van der Waals surface area contributed by atoms with Gasteiger partial charge >= 0.3 is 11.9 Å². The van der Waals surface area contributed by atoms with Crippen LogP contribution in [0.25, 0.3) is 0 Å². The van der Waals surface area contributed by atoms with E-state index in [-0.39, 0.29) is 11.9 Å². The zero-order valence-electron chi connectivity index (χ0n) is 16.9. The molecule has 5 nitrogen and oxygen atoms in total. The topological polar surface area (TPSA) is 55.8 Å². The quantitative estimate of drug-likeness (QED) is 0.367. The number of nitrogens with zero attached hydrogens (tertiary/aromatic N) is 1. The molecule has 2 aliphatic rings. The van der Waals surface area contributed by atoms with E-state index in [1.807, 2.05) is 33.8 Å². The van der Waals surface area contributed by atoms with Gasteiger partial charge in [0.25, 0.3) is 0 Å². The molecule has 0 radical (unpaired) electrons. The number of hydrogen-bond acceptors (Lipinski definition) is 5. The average Bonchev–Trinajstić information content (AvgIpc) is 3.24. The molecule has 0 bridgehead atoms. The molecular formula is C22H31NO4. The fourth-order valence-electron chi connectivity index (χ4n) is 3.35. The van der Waals surface area contributed by atoms with Gasteiger partial charge < -0.3 is 14.4 Å². The van der Waals surface area contributed by atoms with E-state index in [0.29, 0.717) is 6.42 Å². The lowest BCUT2D eigenvalue weighted by atomic mass is 9.91. The van der Waals surface area contributed by atoms with Gasteiger partial charge in [0.15, 0.2) is 11.7 Å². The first-order valence-electron chi connectivity index (χ1n) is 9.64. The predicted octanol–water partition coefficient (Wildman–Crippen LogP) is 3.93. The Bertz CT molecular complexity index is 668. The van der Waals surface area contributed by atoms with E-state index in [2.05, 4.69) is 11.5 Å². The summed E-state index contributed by atoms with van der Waals surface area (Å²) in [6.07, 6.45) is 10.5. The maximum Gasteiger partial charge on any atom is 0.333 e. The summed E-state index contributed by atoms with van der Waals surface area (Å²) in [5, 5.41) is 0. The highest BCUT2D eigenvalue weighted by molar-refractivity contribution is 5.87. The normalized spacial score (nSPS) is 24.3. The molecule has 0 aromatic heterocycles. The first-order valence-corrected chi connectivity index (χ1v) is 9.64. The minimum Gasteiger partial charge on any atom is -0.454 e. The van der Waals surface area contributed by atoms with Gasteiger partial charge in [0.2, 0.25) is 0 Å². The minimum absolute atomic E-state index is 0.249. The zero-order valence-corrected chi connectivity index (χ0v) is 16.9. The van der Waals surface area contributed by atoms with E-state index in [0.717, 1.165) is 37.2 Å². The van der Waals surface area contributed by atoms with Gasteiger partial charge in [0.1, 0.15) is 0 Å². The molecule has 2 aliphatic heterocycles. The highest BCUT2D eigenvalue weighted by atomic mass is 16.6. The van der Waals surface area contributed by atoms with Crippen LogP contribution in [-0.2, 0) is 19.1 Å². The van der Waals surface area contributed by atoms with Crippen LogP contribution < -0.4 is 0 Å². The Hall–Kier alpha value is -2.30. The molecule has 0 aromatic rings. The van der Waals surface area contributed by atoms with Crippen LogP contribution in [0.3, 0.4) is 0 Å². The van der Waals surface area contributed by atoms with Crippen LogP contribution in [0.5, 0.6) is 0 Å². The van der Waals surface area contributed by atoms with Crippen molar-refractivity contribution in [3.8, 4) is 0 Å². The zero-order chi connectivity index (χ0) is 20.0. The molecule has 2 atom stereocenters. The van der Waals surface area contributed by atoms with Crippen molar-refractivity contribution >= 4 is 11.9 Å². The van der Waals surface area contributed by atoms with Gasteiger partial charge in [0, 0.05) is 31.7 Å². The van der Waals surface area contributed by atoms with Crippen molar-refractivity contribution in [2.24, 2.45) is 5.92 Å². The first-order chi connectivity index (χ1) is 12.8. The molecule has 1 saturated heterocycles. The number of esters is 2. The fourth-order valence-corrected chi connectivity index (χ4v) is 3.35. The van der Waals surface area contributed by atoms with Crippen LogP contribution in [0.2, 0.25) is 0 Å². The molecule has 1 fully saturated rings. The molecule has 2 rings (SSSR count). The Kier molecular flexibility index (Phi) is 7.05. The summed E-state index contributed by atoms with van der Waals surface area (Å²) < 4.78 is 11.5. The Labute approximate surface area is 162 Å². The number of cyclic esters (lactones) is 1. The number of carbonyl (C=O) groups is 2. The predicted molar refractivity (Wildman–Crippen MR) is 106 cm³/mol. The van der Waals surface area contributed by atoms with Crippen LogP contribution in [-0.4, -0.2) is 41.6 Å². The molecule has 0 aliphatic carbocycles. The molecule has 0 saturated carbocycles. The van der Waals surface area contributed by atoms with Crippen molar-refractivity contribution < 1.29 is 19.1 Å². The van der Waals surface area contributed by atoms with E-state index in [1.54, 1.807) is 18.2 Å². The van der Waals surface area contributed by atoms with E-state index in [9.17, 15) is 9.59 Å². The van der Waals surface area contributed by atoms with Crippen molar-refractivity contribution in [2.75, 3.05) is 13.1 Å². The van der Waals surface area contributed by atoms with Gasteiger partial charge in [-0.25, -0.2) is 9.59 Å². The van der Waals surface area contributed by atoms with Crippen molar-refractivity contribution in [1.82, 2.24) is 4.90 Å². The molecule has 0 spiro atoms. The van der Waals surface area contributed by atoms with Crippen molar-refractivity contribution in [3.05, 3.63) is 48.2 Å². The molecule has 148 valence electrons. The number of carbonyl (C=O) groups excluding carboxylic acids is 2. The van der Waals surface area contributed by atoms with Gasteiger partial charge in [-0.3, -0.25) is 0 Å². The van der Waals surface area contributed by atoms with Crippen LogP contribution in [0, 0.1) is 5.92 Å². The molecule has 27 heavy (non-hydrogen) atoms. The van der Waals surface area contributed by atoms with Gasteiger partial charge in [-0.1, -0.05) is 44.2 Å². The first kappa shape index (κ1) is 21.0. The summed E-state index contributed by atoms with van der Waals surface area (Å²) in [5.74, 6) is -0.565. The van der Waals surface area contributed by atoms with Gasteiger partial charge in [-0.2, -0.15) is 0 Å². The lowest BCUT2D eigenvalue weighted by Gasteiger charge is -2.37. The van der Waals surface area contributed by atoms with Gasteiger partial charge in [-0.05, 0) is 32.6 Å². The molecule has 0 unspecified atom stereocenters. The summed E-state index contributed by atoms with van der Waals surface area (Å²) in [6, 6.07) is 0. The van der Waals surface area contributed by atoms with E-state index in [4.69, 9.17) is 9.47 Å². The number of hydrogen-bond donors (Lipinski definition) is 0. The number of ether oxygens (including phenoxy) is 2. The number of rotatable bonds is 8. The van der Waals surface area contributed by atoms with Crippen LogP contribution >= 0.6 is 0 Å². The summed E-state index contributed by atoms with van der Waals surface area (Å²) >= 11 is 0. The average molecular weight is 373 g/mol. The van der Waals surface area contributed by atoms with Gasteiger partial charge in [0.05, 0.1) is 5.70 Å². The second-order valence-electron chi connectivity index (χ2n) is 7.67. The standard InChI is InChI=1S/C22H31NO4/c1-6-17(4)10-11-19(26-20(24)12-9-16(2)3)22(5)18(15-21(25)27-22)23-13-7-8-14-23/h6,9-10,12,15-16,19H,1,7-8,11,13-14H2,2-5H3/b12-9+,17-10+/t19-,22+/m1/s1. The summed E-state index contributed by atoms with van der Waals surface area (Å²) in [5.41, 5.74) is 0.787. The van der Waals surface area contributed by atoms with Crippen molar-refractivity contribution in [3.63, 3.8) is 0 Å². The van der Waals surface area contributed by atoms with Gasteiger partial charge in [-0.15, -0.1) is 0 Å². The maximum atomic E-state index is 12.4. The summed E-state index contributed by atoms with van der Waals surface area (Å²) in [6.45, 7) is 13.3. The van der Waals surface area contributed by atoms with Crippen molar-refractivity contribution in [1.29, 1.82) is 0 Å². The Balaban J connectivity index is 2.29. The molecule has 5 heteroatoms. The maximum absolute atomic E-state index is 12.4. The molecule has 2 heterocycles. The van der Waals surface area contributed by atoms with E-state index in [1.165, 1.54) is 6.08 Å². The second-order valence-corrected chi connectivity index (χ2v) is 7.67. The smallest absolute Gasteiger partial charge is 0.333 e. The summed E-state index contributed by atoms with van der Waals surface area (Å²) in [4.78, 5) is 26.6. The van der Waals surface area contributed by atoms with Crippen LogP contribution in [0.4, 0.5) is 0 Å². The SMILES string of the molecule is C=C/C(C)=C/C[C@@H](OC(=O)/C=C/C(C)C)[C@@]1(C)OC(=O)C=C1N1CCCC1. The lowest BCUT2D eigenvalue weighted by Crippen LogP contribution is -2.48. The van der Waals surface area contributed by atoms with Crippen LogP contribution in [0.15, 0.2) is 48.2 Å². The number of likely N-dealkylation sites (tertiary alicyclic amines) is 1. The van der Waals surface area contributed by atoms with E-state index < -0.39 is 17.7 Å². The molecular weight excluding hydrogens is 342 g/mol. The Morgan fingerprint density at radius 2 is 2.07 bits per heavy atom. The third-order valence-corrected chi connectivity index (χ3v) is 4.99. The Morgan fingerprint density at radius 1 is 1.41 bits per heavy atom. The molecule has 0 aromatic carbocycles. The lowest BCUT2D eigenvalue weighted by molar-refractivity contribution is -0.169. The van der Waals surface area contributed by atoms with Crippen LogP contribution in [0.1, 0.15) is 47.0 Å². The van der Waals surface area contributed by atoms with Crippen molar-refractivity contribution in [2.45, 2.75) is 58.7 Å². The highest BCUT2D eigenvalue weighted by Gasteiger charge is 2.49. The second kappa shape index (κ2) is 9.07. The fraction of sp³-hybridized carbons (Fsp3) is 0.545. The third kappa shape index (κ3) is 5.34.